The molecule has 0 fully saturated rings. The average Bonchev–Trinajstić information content (AvgIpc) is 3.06. The fraction of sp³-hybridized carbons (Fsp3) is 0.368. The molecule has 0 amide bonds. The summed E-state index contributed by atoms with van der Waals surface area (Å²) in [5.74, 6) is 1.44. The molecular weight excluding hydrogens is 396 g/mol. The van der Waals surface area contributed by atoms with Crippen LogP contribution < -0.4 is 9.47 Å². The SMILES string of the molecule is COc1ccc2c(c1)nc(S(=O)Cc1ncc(C)c(OC)c1C)n2CC[N+](=O)[O-]. The number of benzene rings is 1. The summed E-state index contributed by atoms with van der Waals surface area (Å²) in [6, 6.07) is 5.23. The number of nitro groups is 1. The van der Waals surface area contributed by atoms with Gasteiger partial charge in [-0.1, -0.05) is 0 Å². The average molecular weight is 418 g/mol. The van der Waals surface area contributed by atoms with E-state index in [-0.39, 0.29) is 24.0 Å². The zero-order valence-electron chi connectivity index (χ0n) is 16.7. The first-order chi connectivity index (χ1) is 13.8. The molecule has 1 atom stereocenters. The quantitative estimate of drug-likeness (QED) is 0.408. The maximum absolute atomic E-state index is 13.2. The van der Waals surface area contributed by atoms with Crippen LogP contribution in [0.5, 0.6) is 11.5 Å². The number of hydrogen-bond donors (Lipinski definition) is 0. The third-order valence-electron chi connectivity index (χ3n) is 4.65. The van der Waals surface area contributed by atoms with Gasteiger partial charge in [-0.05, 0) is 26.0 Å². The summed E-state index contributed by atoms with van der Waals surface area (Å²) in [5.41, 5.74) is 3.58. The van der Waals surface area contributed by atoms with E-state index < -0.39 is 15.7 Å². The predicted molar refractivity (Wildman–Crippen MR) is 109 cm³/mol. The van der Waals surface area contributed by atoms with E-state index >= 15 is 0 Å². The van der Waals surface area contributed by atoms with Gasteiger partial charge in [-0.3, -0.25) is 19.3 Å². The maximum atomic E-state index is 13.2. The largest absolute Gasteiger partial charge is 0.497 e. The summed E-state index contributed by atoms with van der Waals surface area (Å²) in [5, 5.41) is 11.2. The van der Waals surface area contributed by atoms with Gasteiger partial charge in [0.05, 0.1) is 54.0 Å². The van der Waals surface area contributed by atoms with E-state index in [9.17, 15) is 14.3 Å². The van der Waals surface area contributed by atoms with Crippen LogP contribution in [0.3, 0.4) is 0 Å². The van der Waals surface area contributed by atoms with E-state index in [0.29, 0.717) is 28.2 Å². The smallest absolute Gasteiger partial charge is 0.221 e. The highest BCUT2D eigenvalue weighted by molar-refractivity contribution is 7.84. The molecule has 10 heteroatoms. The molecule has 1 aromatic carbocycles. The Labute approximate surface area is 170 Å². The number of pyridine rings is 1. The van der Waals surface area contributed by atoms with Crippen LogP contribution in [0.15, 0.2) is 29.6 Å². The van der Waals surface area contributed by atoms with Gasteiger partial charge in [-0.25, -0.2) is 4.98 Å². The Morgan fingerprint density at radius 3 is 2.66 bits per heavy atom. The molecule has 29 heavy (non-hydrogen) atoms. The summed E-state index contributed by atoms with van der Waals surface area (Å²) in [6.45, 7) is 3.54. The van der Waals surface area contributed by atoms with Crippen LogP contribution in [0, 0.1) is 24.0 Å². The first-order valence-electron chi connectivity index (χ1n) is 8.89. The third kappa shape index (κ3) is 4.21. The van der Waals surface area contributed by atoms with E-state index in [1.807, 2.05) is 13.8 Å². The van der Waals surface area contributed by atoms with Gasteiger partial charge >= 0.3 is 0 Å². The molecule has 0 saturated heterocycles. The number of aryl methyl sites for hydroxylation is 1. The van der Waals surface area contributed by atoms with Crippen LogP contribution in [-0.4, -0.2) is 44.4 Å². The molecule has 0 N–H and O–H groups in total. The van der Waals surface area contributed by atoms with Crippen molar-refractivity contribution in [2.75, 3.05) is 20.8 Å². The molecule has 1 unspecified atom stereocenters. The van der Waals surface area contributed by atoms with Gasteiger partial charge in [-0.15, -0.1) is 0 Å². The number of hydrogen-bond acceptors (Lipinski definition) is 7. The van der Waals surface area contributed by atoms with Crippen molar-refractivity contribution in [3.05, 3.63) is 51.3 Å². The number of ether oxygens (including phenoxy) is 2. The highest BCUT2D eigenvalue weighted by Gasteiger charge is 2.21. The van der Waals surface area contributed by atoms with Crippen LogP contribution in [0.1, 0.15) is 16.8 Å². The lowest BCUT2D eigenvalue weighted by molar-refractivity contribution is -0.481. The summed E-state index contributed by atoms with van der Waals surface area (Å²) < 4.78 is 25.5. The molecule has 0 radical (unpaired) electrons. The maximum Gasteiger partial charge on any atom is 0.221 e. The molecule has 0 bridgehead atoms. The van der Waals surface area contributed by atoms with Gasteiger partial charge < -0.3 is 14.0 Å². The topological polar surface area (TPSA) is 109 Å². The van der Waals surface area contributed by atoms with E-state index in [1.165, 1.54) is 0 Å². The second-order valence-electron chi connectivity index (χ2n) is 6.49. The van der Waals surface area contributed by atoms with Crippen molar-refractivity contribution in [3.8, 4) is 11.5 Å². The number of aromatic nitrogens is 3. The Balaban J connectivity index is 2.02. The first-order valence-corrected chi connectivity index (χ1v) is 10.2. The number of nitrogens with zero attached hydrogens (tertiary/aromatic N) is 4. The van der Waals surface area contributed by atoms with Crippen molar-refractivity contribution >= 4 is 21.8 Å². The monoisotopic (exact) mass is 418 g/mol. The van der Waals surface area contributed by atoms with E-state index in [1.54, 1.807) is 43.2 Å². The number of methoxy groups -OCH3 is 2. The fourth-order valence-electron chi connectivity index (χ4n) is 3.19. The minimum absolute atomic E-state index is 0.0700. The van der Waals surface area contributed by atoms with Crippen LogP contribution >= 0.6 is 0 Å². The lowest BCUT2D eigenvalue weighted by Gasteiger charge is -2.12. The predicted octanol–water partition coefficient (Wildman–Crippen LogP) is 2.65. The second-order valence-corrected chi connectivity index (χ2v) is 7.84. The molecule has 154 valence electrons. The zero-order chi connectivity index (χ0) is 21.1. The van der Waals surface area contributed by atoms with Crippen LogP contribution in [-0.2, 0) is 23.1 Å². The van der Waals surface area contributed by atoms with Crippen molar-refractivity contribution in [2.45, 2.75) is 31.3 Å². The van der Waals surface area contributed by atoms with E-state index in [2.05, 4.69) is 9.97 Å². The van der Waals surface area contributed by atoms with Crippen molar-refractivity contribution in [2.24, 2.45) is 0 Å². The van der Waals surface area contributed by atoms with Gasteiger partial charge in [0.1, 0.15) is 11.5 Å². The fourth-order valence-corrected chi connectivity index (χ4v) is 4.50. The molecule has 9 nitrogen and oxygen atoms in total. The molecule has 0 spiro atoms. The summed E-state index contributed by atoms with van der Waals surface area (Å²) in [6.07, 6.45) is 1.68. The number of fused-ring (bicyclic) bond motifs is 1. The molecule has 2 aromatic heterocycles. The van der Waals surface area contributed by atoms with Crippen LogP contribution in [0.25, 0.3) is 11.0 Å². The first kappa shape index (κ1) is 20.7. The van der Waals surface area contributed by atoms with Crippen LogP contribution in [0.4, 0.5) is 0 Å². The van der Waals surface area contributed by atoms with Crippen molar-refractivity contribution in [3.63, 3.8) is 0 Å². The number of rotatable bonds is 8. The standard InChI is InChI=1S/C19H22N4O5S/c1-12-10-20-16(13(2)18(12)28-4)11-29(26)19-21-15-9-14(27-3)5-6-17(15)22(19)7-8-23(24)25/h5-6,9-10H,7-8,11H2,1-4H3. The highest BCUT2D eigenvalue weighted by atomic mass is 32.2. The molecule has 0 aliphatic rings. The summed E-state index contributed by atoms with van der Waals surface area (Å²) in [7, 11) is 1.57. The summed E-state index contributed by atoms with van der Waals surface area (Å²) in [4.78, 5) is 19.4. The minimum Gasteiger partial charge on any atom is -0.497 e. The Morgan fingerprint density at radius 1 is 1.24 bits per heavy atom. The molecule has 0 aliphatic heterocycles. The van der Waals surface area contributed by atoms with Gasteiger partial charge in [-0.2, -0.15) is 0 Å². The normalized spacial score (nSPS) is 12.1. The molecule has 3 aromatic rings. The lowest BCUT2D eigenvalue weighted by Crippen LogP contribution is -2.14. The van der Waals surface area contributed by atoms with E-state index in [0.717, 1.165) is 11.1 Å². The Hall–Kier alpha value is -3.01. The molecule has 2 heterocycles. The van der Waals surface area contributed by atoms with Gasteiger partial charge in [0, 0.05) is 28.3 Å². The van der Waals surface area contributed by atoms with Crippen LogP contribution in [0.2, 0.25) is 0 Å². The lowest BCUT2D eigenvalue weighted by atomic mass is 10.1. The zero-order valence-corrected chi connectivity index (χ0v) is 17.5. The third-order valence-corrected chi connectivity index (χ3v) is 5.90. The minimum atomic E-state index is -1.56. The van der Waals surface area contributed by atoms with Crippen molar-refractivity contribution in [1.82, 2.24) is 14.5 Å². The van der Waals surface area contributed by atoms with Gasteiger partial charge in [0.25, 0.3) is 0 Å². The number of imidazole rings is 1. The second kappa shape index (κ2) is 8.56. The highest BCUT2D eigenvalue weighted by Crippen LogP contribution is 2.27. The van der Waals surface area contributed by atoms with Crippen molar-refractivity contribution < 1.29 is 18.6 Å². The summed E-state index contributed by atoms with van der Waals surface area (Å²) >= 11 is 0. The van der Waals surface area contributed by atoms with Gasteiger partial charge in [0.2, 0.25) is 11.7 Å². The molecule has 0 aliphatic carbocycles. The van der Waals surface area contributed by atoms with Gasteiger partial charge in [0.15, 0.2) is 0 Å². The van der Waals surface area contributed by atoms with E-state index in [4.69, 9.17) is 9.47 Å². The Bertz CT molecular complexity index is 1100. The molecule has 0 saturated carbocycles. The Morgan fingerprint density at radius 2 is 2.00 bits per heavy atom. The molecule has 3 rings (SSSR count). The molecular formula is C19H22N4O5S. The Kier molecular flexibility index (Phi) is 6.12. The van der Waals surface area contributed by atoms with Crippen molar-refractivity contribution in [1.29, 1.82) is 0 Å².